The second-order valence-electron chi connectivity index (χ2n) is 6.11. The van der Waals surface area contributed by atoms with Crippen LogP contribution in [-0.2, 0) is 14.8 Å². The summed E-state index contributed by atoms with van der Waals surface area (Å²) in [6.45, 7) is 3.49. The van der Waals surface area contributed by atoms with Crippen LogP contribution in [0.1, 0.15) is 12.5 Å². The molecule has 0 spiro atoms. The zero-order chi connectivity index (χ0) is 20.2. The van der Waals surface area contributed by atoms with Crippen molar-refractivity contribution in [3.63, 3.8) is 0 Å². The summed E-state index contributed by atoms with van der Waals surface area (Å²) in [6, 6.07) is 9.57. The molecule has 1 atom stereocenters. The summed E-state index contributed by atoms with van der Waals surface area (Å²) >= 11 is 6.06. The van der Waals surface area contributed by atoms with Crippen LogP contribution in [-0.4, -0.2) is 33.7 Å². The molecule has 27 heavy (non-hydrogen) atoms. The number of nitrogens with one attached hydrogen (secondary N) is 3. The molecule has 146 valence electrons. The average molecular weight is 412 g/mol. The van der Waals surface area contributed by atoms with E-state index in [1.165, 1.54) is 7.11 Å². The van der Waals surface area contributed by atoms with E-state index < -0.39 is 16.1 Å². The summed E-state index contributed by atoms with van der Waals surface area (Å²) in [5.41, 5.74) is 2.39. The fourth-order valence-electron chi connectivity index (χ4n) is 2.33. The van der Waals surface area contributed by atoms with E-state index in [4.69, 9.17) is 16.3 Å². The van der Waals surface area contributed by atoms with Crippen LogP contribution in [0.15, 0.2) is 36.4 Å². The molecule has 0 bridgehead atoms. The number of amides is 1. The Morgan fingerprint density at radius 2 is 1.81 bits per heavy atom. The van der Waals surface area contributed by atoms with Gasteiger partial charge in [0.1, 0.15) is 11.8 Å². The number of methoxy groups -OCH3 is 1. The Bertz CT molecular complexity index is 948. The minimum Gasteiger partial charge on any atom is -0.495 e. The number of aryl methyl sites for hydroxylation is 1. The van der Waals surface area contributed by atoms with Crippen molar-refractivity contribution in [1.29, 1.82) is 0 Å². The molecule has 0 saturated heterocycles. The van der Waals surface area contributed by atoms with E-state index in [1.807, 2.05) is 0 Å². The normalized spacial score (nSPS) is 12.2. The molecule has 7 nitrogen and oxygen atoms in total. The number of hydrogen-bond acceptors (Lipinski definition) is 5. The van der Waals surface area contributed by atoms with Crippen LogP contribution in [0, 0.1) is 6.92 Å². The van der Waals surface area contributed by atoms with Crippen LogP contribution >= 0.6 is 11.6 Å². The summed E-state index contributed by atoms with van der Waals surface area (Å²) in [5.74, 6) is 0.251. The van der Waals surface area contributed by atoms with Crippen LogP contribution < -0.4 is 20.1 Å². The molecule has 0 radical (unpaired) electrons. The average Bonchev–Trinajstić information content (AvgIpc) is 2.56. The van der Waals surface area contributed by atoms with Crippen LogP contribution in [0.2, 0.25) is 5.02 Å². The van der Waals surface area contributed by atoms with E-state index in [0.717, 1.165) is 11.8 Å². The minimum atomic E-state index is -3.39. The number of rotatable bonds is 7. The van der Waals surface area contributed by atoms with Crippen LogP contribution in [0.3, 0.4) is 0 Å². The van der Waals surface area contributed by atoms with Crippen molar-refractivity contribution in [3.8, 4) is 5.75 Å². The number of ether oxygens (including phenoxy) is 1. The van der Waals surface area contributed by atoms with Gasteiger partial charge in [-0.15, -0.1) is 0 Å². The number of hydrogen-bond donors (Lipinski definition) is 3. The molecule has 0 aliphatic rings. The predicted octanol–water partition coefficient (Wildman–Crippen LogP) is 3.47. The largest absolute Gasteiger partial charge is 0.495 e. The van der Waals surface area contributed by atoms with Gasteiger partial charge < -0.3 is 15.4 Å². The molecule has 9 heteroatoms. The van der Waals surface area contributed by atoms with Crippen molar-refractivity contribution in [2.45, 2.75) is 19.9 Å². The Kier molecular flexibility index (Phi) is 6.56. The Morgan fingerprint density at radius 3 is 2.41 bits per heavy atom. The summed E-state index contributed by atoms with van der Waals surface area (Å²) < 4.78 is 30.4. The van der Waals surface area contributed by atoms with Gasteiger partial charge in [-0.2, -0.15) is 0 Å². The van der Waals surface area contributed by atoms with Gasteiger partial charge in [-0.3, -0.25) is 9.52 Å². The zero-order valence-electron chi connectivity index (χ0n) is 15.5. The van der Waals surface area contributed by atoms with E-state index in [-0.39, 0.29) is 5.91 Å². The second kappa shape index (κ2) is 8.49. The molecule has 0 aromatic heterocycles. The van der Waals surface area contributed by atoms with E-state index in [1.54, 1.807) is 50.2 Å². The van der Waals surface area contributed by atoms with Crippen molar-refractivity contribution in [2.24, 2.45) is 0 Å². The lowest BCUT2D eigenvalue weighted by atomic mass is 10.1. The molecule has 0 fully saturated rings. The SMILES string of the molecule is COc1ccc(NC(=O)C(C)Nc2ccc(C)c(NS(C)(=O)=O)c2)cc1Cl. The van der Waals surface area contributed by atoms with Crippen molar-refractivity contribution >= 4 is 44.6 Å². The molecule has 0 saturated carbocycles. The fraction of sp³-hybridized carbons (Fsp3) is 0.278. The Labute approximate surface area is 164 Å². The first-order valence-corrected chi connectivity index (χ1v) is 10.4. The van der Waals surface area contributed by atoms with E-state index in [9.17, 15) is 13.2 Å². The van der Waals surface area contributed by atoms with Crippen LogP contribution in [0.25, 0.3) is 0 Å². The lowest BCUT2D eigenvalue weighted by molar-refractivity contribution is -0.116. The minimum absolute atomic E-state index is 0.269. The highest BCUT2D eigenvalue weighted by Gasteiger charge is 2.15. The first-order chi connectivity index (χ1) is 12.6. The van der Waals surface area contributed by atoms with Gasteiger partial charge in [0, 0.05) is 11.4 Å². The smallest absolute Gasteiger partial charge is 0.246 e. The van der Waals surface area contributed by atoms with Gasteiger partial charge in [0.05, 0.1) is 24.1 Å². The first kappa shape index (κ1) is 20.9. The van der Waals surface area contributed by atoms with Crippen molar-refractivity contribution in [1.82, 2.24) is 0 Å². The van der Waals surface area contributed by atoms with Gasteiger partial charge in [-0.05, 0) is 49.7 Å². The summed E-state index contributed by atoms with van der Waals surface area (Å²) in [7, 11) is -1.88. The Hall–Kier alpha value is -2.45. The third-order valence-corrected chi connectivity index (χ3v) is 4.61. The molecule has 3 N–H and O–H groups in total. The number of carbonyl (C=O) groups excluding carboxylic acids is 1. The molecule has 0 aliphatic heterocycles. The highest BCUT2D eigenvalue weighted by Crippen LogP contribution is 2.27. The maximum Gasteiger partial charge on any atom is 0.246 e. The number of carbonyl (C=O) groups is 1. The lowest BCUT2D eigenvalue weighted by Crippen LogP contribution is -2.31. The summed E-state index contributed by atoms with van der Waals surface area (Å²) in [6.07, 6.45) is 1.09. The highest BCUT2D eigenvalue weighted by molar-refractivity contribution is 7.92. The third kappa shape index (κ3) is 6.04. The summed E-state index contributed by atoms with van der Waals surface area (Å²) in [4.78, 5) is 12.4. The Morgan fingerprint density at radius 1 is 1.15 bits per heavy atom. The van der Waals surface area contributed by atoms with Gasteiger partial charge in [0.2, 0.25) is 15.9 Å². The Balaban J connectivity index is 2.08. The molecule has 0 aliphatic carbocycles. The van der Waals surface area contributed by atoms with E-state index in [0.29, 0.717) is 27.8 Å². The zero-order valence-corrected chi connectivity index (χ0v) is 17.0. The molecule has 1 amide bonds. The van der Waals surface area contributed by atoms with Crippen LogP contribution in [0.5, 0.6) is 5.75 Å². The quantitative estimate of drug-likeness (QED) is 0.648. The first-order valence-electron chi connectivity index (χ1n) is 8.08. The number of halogens is 1. The maximum absolute atomic E-state index is 12.4. The molecule has 2 aromatic carbocycles. The lowest BCUT2D eigenvalue weighted by Gasteiger charge is -2.17. The topological polar surface area (TPSA) is 96.5 Å². The third-order valence-electron chi connectivity index (χ3n) is 3.73. The van der Waals surface area contributed by atoms with Gasteiger partial charge in [-0.1, -0.05) is 17.7 Å². The van der Waals surface area contributed by atoms with E-state index >= 15 is 0 Å². The predicted molar refractivity (Wildman–Crippen MR) is 109 cm³/mol. The van der Waals surface area contributed by atoms with Crippen molar-refractivity contribution < 1.29 is 17.9 Å². The van der Waals surface area contributed by atoms with Gasteiger partial charge >= 0.3 is 0 Å². The maximum atomic E-state index is 12.4. The molecule has 2 aromatic rings. The molecule has 1 unspecified atom stereocenters. The number of anilines is 3. The molecular weight excluding hydrogens is 390 g/mol. The molecular formula is C18H22ClN3O4S. The van der Waals surface area contributed by atoms with Crippen LogP contribution in [0.4, 0.5) is 17.1 Å². The monoisotopic (exact) mass is 411 g/mol. The summed E-state index contributed by atoms with van der Waals surface area (Å²) in [5, 5.41) is 6.21. The van der Waals surface area contributed by atoms with Crippen molar-refractivity contribution in [2.75, 3.05) is 28.7 Å². The van der Waals surface area contributed by atoms with E-state index in [2.05, 4.69) is 15.4 Å². The standard InChI is InChI=1S/C18H22ClN3O4S/c1-11-5-6-14(10-16(11)22-27(4,24)25)20-12(2)18(23)21-13-7-8-17(26-3)15(19)9-13/h5-10,12,20,22H,1-4H3,(H,21,23). The highest BCUT2D eigenvalue weighted by atomic mass is 35.5. The molecule has 0 heterocycles. The number of benzene rings is 2. The molecule has 2 rings (SSSR count). The number of sulfonamides is 1. The second-order valence-corrected chi connectivity index (χ2v) is 8.26. The van der Waals surface area contributed by atoms with Gasteiger partial charge in [-0.25, -0.2) is 8.42 Å². The van der Waals surface area contributed by atoms with Crippen molar-refractivity contribution in [3.05, 3.63) is 47.0 Å². The van der Waals surface area contributed by atoms with Gasteiger partial charge in [0.25, 0.3) is 0 Å². The fourth-order valence-corrected chi connectivity index (χ4v) is 3.21. The van der Waals surface area contributed by atoms with Gasteiger partial charge in [0.15, 0.2) is 0 Å².